The van der Waals surface area contributed by atoms with Crippen LogP contribution in [0, 0.1) is 5.92 Å². The Morgan fingerprint density at radius 2 is 1.95 bits per heavy atom. The van der Waals surface area contributed by atoms with Crippen molar-refractivity contribution in [2.45, 2.75) is 38.1 Å². The Kier molecular flexibility index (Phi) is 4.46. The maximum Gasteiger partial charge on any atom is 0.0666 e. The molecule has 1 aliphatic heterocycles. The van der Waals surface area contributed by atoms with Crippen molar-refractivity contribution in [2.24, 2.45) is 5.92 Å². The average Bonchev–Trinajstić information content (AvgIpc) is 3.33. The van der Waals surface area contributed by atoms with Crippen molar-refractivity contribution in [1.82, 2.24) is 0 Å². The van der Waals surface area contributed by atoms with Gasteiger partial charge in [-0.2, -0.15) is 0 Å². The summed E-state index contributed by atoms with van der Waals surface area (Å²) in [5.41, 5.74) is 2.65. The van der Waals surface area contributed by atoms with Gasteiger partial charge in [0.2, 0.25) is 0 Å². The number of rotatable bonds is 6. The van der Waals surface area contributed by atoms with Gasteiger partial charge in [-0.1, -0.05) is 12.1 Å². The minimum atomic E-state index is 0.464. The van der Waals surface area contributed by atoms with Crippen molar-refractivity contribution in [3.05, 3.63) is 24.3 Å². The van der Waals surface area contributed by atoms with E-state index in [1.807, 2.05) is 0 Å². The summed E-state index contributed by atoms with van der Waals surface area (Å²) in [4.78, 5) is 2.53. The largest absolute Gasteiger partial charge is 0.383 e. The van der Waals surface area contributed by atoms with Gasteiger partial charge in [-0.05, 0) is 50.2 Å². The fraction of sp³-hybridized carbons (Fsp3) is 0.647. The molecule has 0 radical (unpaired) electrons. The standard InChI is InChI=1S/C17H26N2O/c1-20-13-16(14-9-10-14)18-15-7-3-4-8-17(15)19-11-5-2-6-12-19/h3-4,7-8,14,16,18H,2,5-6,9-13H2,1H3. The molecular weight excluding hydrogens is 248 g/mol. The molecule has 1 aliphatic carbocycles. The molecular formula is C17H26N2O. The lowest BCUT2D eigenvalue weighted by Crippen LogP contribution is -2.32. The molecule has 3 heteroatoms. The predicted octanol–water partition coefficient (Wildman–Crippen LogP) is 3.51. The SMILES string of the molecule is COCC(Nc1ccccc1N1CCCCC1)C1CC1. The van der Waals surface area contributed by atoms with Crippen LogP contribution in [0.15, 0.2) is 24.3 Å². The molecule has 20 heavy (non-hydrogen) atoms. The van der Waals surface area contributed by atoms with E-state index in [0.717, 1.165) is 12.5 Å². The quantitative estimate of drug-likeness (QED) is 0.859. The van der Waals surface area contributed by atoms with Crippen LogP contribution in [0.3, 0.4) is 0 Å². The van der Waals surface area contributed by atoms with Gasteiger partial charge in [-0.25, -0.2) is 0 Å². The van der Waals surface area contributed by atoms with Crippen molar-refractivity contribution in [1.29, 1.82) is 0 Å². The summed E-state index contributed by atoms with van der Waals surface area (Å²) < 4.78 is 5.39. The minimum Gasteiger partial charge on any atom is -0.383 e. The molecule has 3 rings (SSSR count). The molecule has 3 nitrogen and oxygen atoms in total. The van der Waals surface area contributed by atoms with Crippen molar-refractivity contribution >= 4 is 11.4 Å². The number of benzene rings is 1. The molecule has 0 bridgehead atoms. The average molecular weight is 274 g/mol. The number of piperidine rings is 1. The monoisotopic (exact) mass is 274 g/mol. The van der Waals surface area contributed by atoms with E-state index in [9.17, 15) is 0 Å². The Hall–Kier alpha value is -1.22. The topological polar surface area (TPSA) is 24.5 Å². The summed E-state index contributed by atoms with van der Waals surface area (Å²) in [6, 6.07) is 9.22. The lowest BCUT2D eigenvalue weighted by atomic mass is 10.1. The van der Waals surface area contributed by atoms with Gasteiger partial charge < -0.3 is 15.0 Å². The minimum absolute atomic E-state index is 0.464. The zero-order chi connectivity index (χ0) is 13.8. The number of anilines is 2. The van der Waals surface area contributed by atoms with Crippen LogP contribution in [0.2, 0.25) is 0 Å². The van der Waals surface area contributed by atoms with Crippen LogP contribution in [0.5, 0.6) is 0 Å². The summed E-state index contributed by atoms with van der Waals surface area (Å²) >= 11 is 0. The first-order valence-corrected chi connectivity index (χ1v) is 7.98. The second kappa shape index (κ2) is 6.49. The predicted molar refractivity (Wildman–Crippen MR) is 84.5 cm³/mol. The van der Waals surface area contributed by atoms with Crippen molar-refractivity contribution in [3.8, 4) is 0 Å². The molecule has 1 N–H and O–H groups in total. The number of methoxy groups -OCH3 is 1. The van der Waals surface area contributed by atoms with E-state index in [1.54, 1.807) is 7.11 Å². The Morgan fingerprint density at radius 1 is 1.20 bits per heavy atom. The van der Waals surface area contributed by atoms with E-state index >= 15 is 0 Å². The number of nitrogens with zero attached hydrogens (tertiary/aromatic N) is 1. The molecule has 2 fully saturated rings. The Labute approximate surface area is 122 Å². The Bertz CT molecular complexity index is 425. The fourth-order valence-corrected chi connectivity index (χ4v) is 3.18. The molecule has 110 valence electrons. The van der Waals surface area contributed by atoms with Crippen molar-refractivity contribution in [3.63, 3.8) is 0 Å². The van der Waals surface area contributed by atoms with Crippen LogP contribution < -0.4 is 10.2 Å². The Balaban J connectivity index is 1.74. The van der Waals surface area contributed by atoms with Crippen LogP contribution in [0.4, 0.5) is 11.4 Å². The van der Waals surface area contributed by atoms with E-state index < -0.39 is 0 Å². The molecule has 0 spiro atoms. The van der Waals surface area contributed by atoms with Crippen LogP contribution in [0.25, 0.3) is 0 Å². The summed E-state index contributed by atoms with van der Waals surface area (Å²) in [5.74, 6) is 0.796. The molecule has 1 saturated carbocycles. The molecule has 1 unspecified atom stereocenters. The van der Waals surface area contributed by atoms with Gasteiger partial charge in [-0.15, -0.1) is 0 Å². The third kappa shape index (κ3) is 3.26. The van der Waals surface area contributed by atoms with Gasteiger partial charge in [0.25, 0.3) is 0 Å². The van der Waals surface area contributed by atoms with Gasteiger partial charge in [0, 0.05) is 20.2 Å². The van der Waals surface area contributed by atoms with E-state index in [-0.39, 0.29) is 0 Å². The Morgan fingerprint density at radius 3 is 2.65 bits per heavy atom. The van der Waals surface area contributed by atoms with E-state index in [4.69, 9.17) is 4.74 Å². The molecule has 0 amide bonds. The van der Waals surface area contributed by atoms with Crippen LogP contribution in [-0.4, -0.2) is 32.8 Å². The second-order valence-corrected chi connectivity index (χ2v) is 6.11. The fourth-order valence-electron chi connectivity index (χ4n) is 3.18. The zero-order valence-corrected chi connectivity index (χ0v) is 12.5. The zero-order valence-electron chi connectivity index (χ0n) is 12.5. The smallest absolute Gasteiger partial charge is 0.0666 e. The van der Waals surface area contributed by atoms with Gasteiger partial charge in [0.15, 0.2) is 0 Å². The van der Waals surface area contributed by atoms with Gasteiger partial charge in [0.1, 0.15) is 0 Å². The summed E-state index contributed by atoms with van der Waals surface area (Å²) in [6.07, 6.45) is 6.69. The lowest BCUT2D eigenvalue weighted by molar-refractivity contribution is 0.179. The second-order valence-electron chi connectivity index (χ2n) is 6.11. The first-order chi connectivity index (χ1) is 9.88. The number of nitrogens with one attached hydrogen (secondary N) is 1. The van der Waals surface area contributed by atoms with Gasteiger partial charge in [-0.3, -0.25) is 0 Å². The lowest BCUT2D eigenvalue weighted by Gasteiger charge is -2.32. The van der Waals surface area contributed by atoms with E-state index in [0.29, 0.717) is 6.04 Å². The molecule has 1 aromatic rings. The maximum absolute atomic E-state index is 5.39. The highest BCUT2D eigenvalue weighted by molar-refractivity contribution is 5.70. The van der Waals surface area contributed by atoms with E-state index in [2.05, 4.69) is 34.5 Å². The van der Waals surface area contributed by atoms with Crippen molar-refractivity contribution < 1.29 is 4.74 Å². The maximum atomic E-state index is 5.39. The van der Waals surface area contributed by atoms with Gasteiger partial charge in [0.05, 0.1) is 24.0 Å². The van der Waals surface area contributed by atoms with Gasteiger partial charge >= 0.3 is 0 Å². The highest BCUT2D eigenvalue weighted by Crippen LogP contribution is 2.36. The van der Waals surface area contributed by atoms with Crippen LogP contribution >= 0.6 is 0 Å². The first-order valence-electron chi connectivity index (χ1n) is 7.98. The molecule has 1 heterocycles. The summed E-state index contributed by atoms with van der Waals surface area (Å²) in [7, 11) is 1.80. The normalized spacial score (nSPS) is 20.8. The third-order valence-corrected chi connectivity index (χ3v) is 4.48. The molecule has 2 aliphatic rings. The van der Waals surface area contributed by atoms with Crippen molar-refractivity contribution in [2.75, 3.05) is 37.0 Å². The molecule has 1 saturated heterocycles. The van der Waals surface area contributed by atoms with Crippen LogP contribution in [-0.2, 0) is 4.74 Å². The number of para-hydroxylation sites is 2. The summed E-state index contributed by atoms with van der Waals surface area (Å²) in [5, 5.41) is 3.74. The number of hydrogen-bond acceptors (Lipinski definition) is 3. The van der Waals surface area contributed by atoms with Crippen LogP contribution in [0.1, 0.15) is 32.1 Å². The molecule has 1 aromatic carbocycles. The molecule has 1 atom stereocenters. The number of hydrogen-bond donors (Lipinski definition) is 1. The first kappa shape index (κ1) is 13.7. The molecule has 0 aromatic heterocycles. The van der Waals surface area contributed by atoms with E-state index in [1.165, 1.54) is 56.6 Å². The summed E-state index contributed by atoms with van der Waals surface area (Å²) in [6.45, 7) is 3.19. The third-order valence-electron chi connectivity index (χ3n) is 4.48. The highest BCUT2D eigenvalue weighted by atomic mass is 16.5. The highest BCUT2D eigenvalue weighted by Gasteiger charge is 2.31. The number of ether oxygens (including phenoxy) is 1.